The van der Waals surface area contributed by atoms with Crippen LogP contribution in [-0.2, 0) is 13.1 Å². The van der Waals surface area contributed by atoms with Gasteiger partial charge in [-0.3, -0.25) is 4.90 Å². The molecule has 3 heteroatoms. The van der Waals surface area contributed by atoms with Gasteiger partial charge in [-0.25, -0.2) is 0 Å². The van der Waals surface area contributed by atoms with Crippen LogP contribution in [0.5, 0.6) is 0 Å². The normalized spacial score (nSPS) is 19.5. The van der Waals surface area contributed by atoms with E-state index in [0.717, 1.165) is 19.1 Å². The Kier molecular flexibility index (Phi) is 5.74. The summed E-state index contributed by atoms with van der Waals surface area (Å²) in [5.74, 6) is 2.62. The van der Waals surface area contributed by atoms with Crippen molar-refractivity contribution in [3.8, 4) is 0 Å². The molecule has 1 saturated heterocycles. The highest BCUT2D eigenvalue weighted by atomic mass is 32.2. The highest BCUT2D eigenvalue weighted by Crippen LogP contribution is 2.22. The van der Waals surface area contributed by atoms with Crippen LogP contribution < -0.4 is 5.32 Å². The number of benzene rings is 1. The van der Waals surface area contributed by atoms with Crippen LogP contribution in [0.15, 0.2) is 24.3 Å². The zero-order valence-corrected chi connectivity index (χ0v) is 13.2. The third kappa shape index (κ3) is 4.83. The number of hydrogen-bond acceptors (Lipinski definition) is 3. The summed E-state index contributed by atoms with van der Waals surface area (Å²) in [4.78, 5) is 2.51. The highest BCUT2D eigenvalue weighted by molar-refractivity contribution is 7.99. The molecule has 1 aliphatic heterocycles. The summed E-state index contributed by atoms with van der Waals surface area (Å²) in [5.41, 5.74) is 2.82. The molecule has 19 heavy (non-hydrogen) atoms. The van der Waals surface area contributed by atoms with E-state index in [0.29, 0.717) is 6.04 Å². The fourth-order valence-corrected chi connectivity index (χ4v) is 3.75. The van der Waals surface area contributed by atoms with E-state index in [1.165, 1.54) is 29.1 Å². The fourth-order valence-electron chi connectivity index (χ4n) is 2.45. The Morgan fingerprint density at radius 2 is 2.16 bits per heavy atom. The maximum absolute atomic E-state index is 3.48. The first-order chi connectivity index (χ1) is 9.15. The minimum absolute atomic E-state index is 0.543. The molecule has 1 aromatic carbocycles. The average Bonchev–Trinajstić information content (AvgIpc) is 2.91. The number of rotatable bonds is 6. The Morgan fingerprint density at radius 1 is 1.37 bits per heavy atom. The molecule has 1 N–H and O–H groups in total. The van der Waals surface area contributed by atoms with Gasteiger partial charge in [-0.1, -0.05) is 38.1 Å². The minimum atomic E-state index is 0.543. The molecule has 0 amide bonds. The summed E-state index contributed by atoms with van der Waals surface area (Å²) in [6.07, 6.45) is 1.34. The van der Waals surface area contributed by atoms with Gasteiger partial charge in [0.15, 0.2) is 0 Å². The second-order valence-corrected chi connectivity index (χ2v) is 6.94. The van der Waals surface area contributed by atoms with Gasteiger partial charge in [0, 0.05) is 30.9 Å². The standard InChI is InChI=1S/C16H26N2S/c1-13(2)17-10-14-5-4-6-15(9-14)11-18(3)16-7-8-19-12-16/h4-6,9,13,16-17H,7-8,10-12H2,1-3H3. The lowest BCUT2D eigenvalue weighted by Gasteiger charge is -2.23. The second kappa shape index (κ2) is 7.32. The zero-order valence-electron chi connectivity index (χ0n) is 12.4. The topological polar surface area (TPSA) is 15.3 Å². The van der Waals surface area contributed by atoms with E-state index in [4.69, 9.17) is 0 Å². The van der Waals surface area contributed by atoms with E-state index in [1.807, 2.05) is 0 Å². The van der Waals surface area contributed by atoms with E-state index in [-0.39, 0.29) is 0 Å². The third-order valence-corrected chi connectivity index (χ3v) is 4.81. The molecule has 1 aliphatic rings. The van der Waals surface area contributed by atoms with Gasteiger partial charge in [-0.15, -0.1) is 0 Å². The average molecular weight is 278 g/mol. The summed E-state index contributed by atoms with van der Waals surface area (Å²) in [7, 11) is 2.26. The molecule has 0 bridgehead atoms. The summed E-state index contributed by atoms with van der Waals surface area (Å²) >= 11 is 2.08. The molecule has 2 rings (SSSR count). The van der Waals surface area contributed by atoms with Crippen molar-refractivity contribution < 1.29 is 0 Å². The molecule has 0 aromatic heterocycles. The Labute approximate surface area is 122 Å². The van der Waals surface area contributed by atoms with Crippen LogP contribution in [0.2, 0.25) is 0 Å². The highest BCUT2D eigenvalue weighted by Gasteiger charge is 2.19. The maximum Gasteiger partial charge on any atom is 0.0234 e. The molecule has 1 heterocycles. The van der Waals surface area contributed by atoms with Crippen LogP contribution in [0.4, 0.5) is 0 Å². The Balaban J connectivity index is 1.90. The van der Waals surface area contributed by atoms with Crippen molar-refractivity contribution in [1.29, 1.82) is 0 Å². The van der Waals surface area contributed by atoms with Gasteiger partial charge in [0.25, 0.3) is 0 Å². The zero-order chi connectivity index (χ0) is 13.7. The van der Waals surface area contributed by atoms with Crippen molar-refractivity contribution in [2.75, 3.05) is 18.6 Å². The quantitative estimate of drug-likeness (QED) is 0.861. The molecular weight excluding hydrogens is 252 g/mol. The molecule has 106 valence electrons. The number of thioether (sulfide) groups is 1. The van der Waals surface area contributed by atoms with Crippen LogP contribution >= 0.6 is 11.8 Å². The molecule has 1 fully saturated rings. The maximum atomic E-state index is 3.48. The predicted octanol–water partition coefficient (Wildman–Crippen LogP) is 3.12. The van der Waals surface area contributed by atoms with Gasteiger partial charge in [0.1, 0.15) is 0 Å². The molecule has 0 aliphatic carbocycles. The van der Waals surface area contributed by atoms with Crippen LogP contribution in [0, 0.1) is 0 Å². The SMILES string of the molecule is CC(C)NCc1cccc(CN(C)C2CCSC2)c1. The molecule has 0 spiro atoms. The first-order valence-electron chi connectivity index (χ1n) is 7.24. The first kappa shape index (κ1) is 14.9. The molecule has 1 aromatic rings. The Hall–Kier alpha value is -0.510. The molecular formula is C16H26N2S. The number of nitrogens with one attached hydrogen (secondary N) is 1. The lowest BCUT2D eigenvalue weighted by molar-refractivity contribution is 0.254. The van der Waals surface area contributed by atoms with Crippen LogP contribution in [0.25, 0.3) is 0 Å². The summed E-state index contributed by atoms with van der Waals surface area (Å²) in [6.45, 7) is 6.42. The summed E-state index contributed by atoms with van der Waals surface area (Å²) in [5, 5.41) is 3.48. The third-order valence-electron chi connectivity index (χ3n) is 3.67. The van der Waals surface area contributed by atoms with E-state index >= 15 is 0 Å². The minimum Gasteiger partial charge on any atom is -0.310 e. The lowest BCUT2D eigenvalue weighted by atomic mass is 10.1. The van der Waals surface area contributed by atoms with Gasteiger partial charge in [0.05, 0.1) is 0 Å². The van der Waals surface area contributed by atoms with Gasteiger partial charge < -0.3 is 5.32 Å². The van der Waals surface area contributed by atoms with Crippen molar-refractivity contribution in [2.24, 2.45) is 0 Å². The molecule has 1 unspecified atom stereocenters. The summed E-state index contributed by atoms with van der Waals surface area (Å²) < 4.78 is 0. The van der Waals surface area contributed by atoms with Crippen LogP contribution in [0.1, 0.15) is 31.4 Å². The van der Waals surface area contributed by atoms with Crippen LogP contribution in [-0.4, -0.2) is 35.5 Å². The second-order valence-electron chi connectivity index (χ2n) is 5.79. The van der Waals surface area contributed by atoms with Gasteiger partial charge in [0.2, 0.25) is 0 Å². The Morgan fingerprint density at radius 3 is 2.84 bits per heavy atom. The number of hydrogen-bond donors (Lipinski definition) is 1. The van der Waals surface area contributed by atoms with Crippen molar-refractivity contribution >= 4 is 11.8 Å². The van der Waals surface area contributed by atoms with E-state index in [1.54, 1.807) is 0 Å². The van der Waals surface area contributed by atoms with Crippen molar-refractivity contribution in [2.45, 2.75) is 45.4 Å². The fraction of sp³-hybridized carbons (Fsp3) is 0.625. The van der Waals surface area contributed by atoms with Crippen molar-refractivity contribution in [1.82, 2.24) is 10.2 Å². The molecule has 0 radical (unpaired) electrons. The summed E-state index contributed by atoms with van der Waals surface area (Å²) in [6, 6.07) is 10.3. The smallest absolute Gasteiger partial charge is 0.0234 e. The van der Waals surface area contributed by atoms with Gasteiger partial charge in [-0.05, 0) is 30.3 Å². The first-order valence-corrected chi connectivity index (χ1v) is 8.40. The van der Waals surface area contributed by atoms with Crippen molar-refractivity contribution in [3.05, 3.63) is 35.4 Å². The van der Waals surface area contributed by atoms with Crippen molar-refractivity contribution in [3.63, 3.8) is 0 Å². The molecule has 1 atom stereocenters. The van der Waals surface area contributed by atoms with Crippen LogP contribution in [0.3, 0.4) is 0 Å². The molecule has 2 nitrogen and oxygen atoms in total. The molecule has 0 saturated carbocycles. The van der Waals surface area contributed by atoms with E-state index in [2.05, 4.69) is 67.1 Å². The van der Waals surface area contributed by atoms with Gasteiger partial charge >= 0.3 is 0 Å². The van der Waals surface area contributed by atoms with E-state index in [9.17, 15) is 0 Å². The largest absolute Gasteiger partial charge is 0.310 e. The Bertz CT molecular complexity index is 386. The van der Waals surface area contributed by atoms with Gasteiger partial charge in [-0.2, -0.15) is 11.8 Å². The predicted molar refractivity (Wildman–Crippen MR) is 85.6 cm³/mol. The lowest BCUT2D eigenvalue weighted by Crippen LogP contribution is -2.30. The number of nitrogens with zero attached hydrogens (tertiary/aromatic N) is 1. The monoisotopic (exact) mass is 278 g/mol. The van der Waals surface area contributed by atoms with E-state index < -0.39 is 0 Å².